The molecule has 3 aromatic carbocycles. The van der Waals surface area contributed by atoms with Crippen LogP contribution in [-0.4, -0.2) is 18.7 Å². The number of halogens is 1. The number of amides is 1. The van der Waals surface area contributed by atoms with Crippen LogP contribution in [0.4, 0.5) is 5.69 Å². The van der Waals surface area contributed by atoms with Gasteiger partial charge in [-0.15, -0.1) is 0 Å². The van der Waals surface area contributed by atoms with Crippen molar-refractivity contribution in [2.75, 3.05) is 11.9 Å². The van der Waals surface area contributed by atoms with Crippen LogP contribution in [0.5, 0.6) is 5.75 Å². The number of nitriles is 1. The first-order valence-corrected chi connectivity index (χ1v) is 9.85. The minimum atomic E-state index is -0.246. The van der Waals surface area contributed by atoms with Gasteiger partial charge in [0.05, 0.1) is 22.3 Å². The van der Waals surface area contributed by atoms with Gasteiger partial charge in [0, 0.05) is 11.3 Å². The fourth-order valence-electron chi connectivity index (χ4n) is 2.54. The summed E-state index contributed by atoms with van der Waals surface area (Å²) < 4.78 is 6.26. The number of rotatable bonds is 8. The van der Waals surface area contributed by atoms with Gasteiger partial charge in [-0.2, -0.15) is 5.26 Å². The Bertz CT molecular complexity index is 1080. The van der Waals surface area contributed by atoms with Crippen molar-refractivity contribution in [2.24, 2.45) is 5.16 Å². The van der Waals surface area contributed by atoms with E-state index in [4.69, 9.17) is 14.8 Å². The first-order valence-electron chi connectivity index (χ1n) is 9.06. The van der Waals surface area contributed by atoms with Crippen LogP contribution in [-0.2, 0) is 16.2 Å². The third-order valence-electron chi connectivity index (χ3n) is 4.01. The molecule has 0 saturated carbocycles. The molecule has 0 aliphatic carbocycles. The molecule has 1 N–H and O–H groups in total. The second-order valence-corrected chi connectivity index (χ2v) is 7.02. The molecule has 0 atom stereocenters. The highest BCUT2D eigenvalue weighted by Gasteiger charge is 2.07. The van der Waals surface area contributed by atoms with Crippen LogP contribution in [0.3, 0.4) is 0 Å². The third-order valence-corrected chi connectivity index (χ3v) is 4.63. The van der Waals surface area contributed by atoms with E-state index in [0.29, 0.717) is 21.5 Å². The highest BCUT2D eigenvalue weighted by Crippen LogP contribution is 2.25. The molecule has 0 aliphatic heterocycles. The standard InChI is InChI=1S/C23H18BrN3O3/c24-21-12-17(14-26-30-15-19-7-5-4-6-18(19)13-25)10-11-22(21)29-16-23(28)27-20-8-2-1-3-9-20/h1-12,14H,15-16H2,(H,27,28)/b26-14-. The molecule has 0 spiro atoms. The van der Waals surface area contributed by atoms with Gasteiger partial charge in [-0.1, -0.05) is 41.6 Å². The Labute approximate surface area is 182 Å². The third kappa shape index (κ3) is 6.19. The molecule has 0 bridgehead atoms. The van der Waals surface area contributed by atoms with Gasteiger partial charge in [-0.05, 0) is 57.9 Å². The van der Waals surface area contributed by atoms with Gasteiger partial charge in [-0.3, -0.25) is 4.79 Å². The molecule has 0 fully saturated rings. The molecule has 150 valence electrons. The number of hydrogen-bond acceptors (Lipinski definition) is 5. The summed E-state index contributed by atoms with van der Waals surface area (Å²) in [5.74, 6) is 0.295. The Balaban J connectivity index is 1.50. The number of oxime groups is 1. The summed E-state index contributed by atoms with van der Waals surface area (Å²) in [5, 5.41) is 15.8. The van der Waals surface area contributed by atoms with Crippen LogP contribution >= 0.6 is 15.9 Å². The maximum atomic E-state index is 12.0. The summed E-state index contributed by atoms with van der Waals surface area (Å²) in [5.41, 5.74) is 2.84. The van der Waals surface area contributed by atoms with Gasteiger partial charge < -0.3 is 14.9 Å². The Morgan fingerprint density at radius 1 is 1.10 bits per heavy atom. The molecule has 3 aromatic rings. The maximum absolute atomic E-state index is 12.0. The molecule has 6 nitrogen and oxygen atoms in total. The Morgan fingerprint density at radius 2 is 1.87 bits per heavy atom. The summed E-state index contributed by atoms with van der Waals surface area (Å²) in [6.45, 7) is 0.0987. The fourth-order valence-corrected chi connectivity index (χ4v) is 3.05. The second-order valence-electron chi connectivity index (χ2n) is 6.17. The average molecular weight is 464 g/mol. The van der Waals surface area contributed by atoms with E-state index >= 15 is 0 Å². The number of nitrogens with one attached hydrogen (secondary N) is 1. The zero-order chi connectivity index (χ0) is 21.2. The van der Waals surface area contributed by atoms with E-state index < -0.39 is 0 Å². The lowest BCUT2D eigenvalue weighted by Gasteiger charge is -2.09. The van der Waals surface area contributed by atoms with Crippen molar-refractivity contribution < 1.29 is 14.4 Å². The van der Waals surface area contributed by atoms with Gasteiger partial charge in [-0.25, -0.2) is 0 Å². The minimum absolute atomic E-state index is 0.109. The molecule has 0 saturated heterocycles. The minimum Gasteiger partial charge on any atom is -0.483 e. The van der Waals surface area contributed by atoms with Crippen molar-refractivity contribution >= 4 is 33.7 Å². The lowest BCUT2D eigenvalue weighted by atomic mass is 10.1. The van der Waals surface area contributed by atoms with Gasteiger partial charge in [0.1, 0.15) is 12.4 Å². The summed E-state index contributed by atoms with van der Waals surface area (Å²) in [6, 6.07) is 23.9. The first-order chi connectivity index (χ1) is 14.7. The van der Waals surface area contributed by atoms with Gasteiger partial charge in [0.15, 0.2) is 6.61 Å². The number of ether oxygens (including phenoxy) is 1. The summed E-state index contributed by atoms with van der Waals surface area (Å²) in [6.07, 6.45) is 1.56. The Morgan fingerprint density at radius 3 is 2.63 bits per heavy atom. The maximum Gasteiger partial charge on any atom is 0.262 e. The molecule has 0 unspecified atom stereocenters. The molecule has 0 aliphatic rings. The van der Waals surface area contributed by atoms with E-state index in [1.807, 2.05) is 42.5 Å². The van der Waals surface area contributed by atoms with Gasteiger partial charge in [0.25, 0.3) is 5.91 Å². The van der Waals surface area contributed by atoms with E-state index in [0.717, 1.165) is 11.1 Å². The van der Waals surface area contributed by atoms with Crippen molar-refractivity contribution in [1.29, 1.82) is 5.26 Å². The Kier molecular flexibility index (Phi) is 7.58. The normalized spacial score (nSPS) is 10.4. The molecule has 1 amide bonds. The Hall–Kier alpha value is -3.63. The van der Waals surface area contributed by atoms with E-state index in [-0.39, 0.29) is 19.1 Å². The van der Waals surface area contributed by atoms with Crippen LogP contribution in [0, 0.1) is 11.3 Å². The average Bonchev–Trinajstić information content (AvgIpc) is 2.77. The van der Waals surface area contributed by atoms with Crippen LogP contribution < -0.4 is 10.1 Å². The SMILES string of the molecule is N#Cc1ccccc1CO/N=C\c1ccc(OCC(=O)Nc2ccccc2)c(Br)c1. The van der Waals surface area contributed by atoms with Crippen molar-refractivity contribution in [1.82, 2.24) is 0 Å². The number of hydrogen-bond donors (Lipinski definition) is 1. The molecular weight excluding hydrogens is 446 g/mol. The summed E-state index contributed by atoms with van der Waals surface area (Å²) in [4.78, 5) is 17.3. The quantitative estimate of drug-likeness (QED) is 0.380. The zero-order valence-electron chi connectivity index (χ0n) is 15.9. The highest BCUT2D eigenvalue weighted by molar-refractivity contribution is 9.10. The first kappa shape index (κ1) is 21.1. The largest absolute Gasteiger partial charge is 0.483 e. The van der Waals surface area contributed by atoms with Crippen molar-refractivity contribution in [3.8, 4) is 11.8 Å². The van der Waals surface area contributed by atoms with Crippen molar-refractivity contribution in [3.05, 3.63) is 94.0 Å². The molecular formula is C23H18BrN3O3. The topological polar surface area (TPSA) is 83.7 Å². The number of carbonyl (C=O) groups is 1. The van der Waals surface area contributed by atoms with Gasteiger partial charge in [0.2, 0.25) is 0 Å². The monoisotopic (exact) mass is 463 g/mol. The number of benzene rings is 3. The molecule has 3 rings (SSSR count). The molecule has 0 aromatic heterocycles. The lowest BCUT2D eigenvalue weighted by molar-refractivity contribution is -0.118. The van der Waals surface area contributed by atoms with Crippen LogP contribution in [0.15, 0.2) is 82.4 Å². The van der Waals surface area contributed by atoms with Crippen LogP contribution in [0.1, 0.15) is 16.7 Å². The van der Waals surface area contributed by atoms with E-state index in [1.54, 1.807) is 36.5 Å². The summed E-state index contributed by atoms with van der Waals surface area (Å²) in [7, 11) is 0. The number of nitrogens with zero attached hydrogens (tertiary/aromatic N) is 2. The predicted molar refractivity (Wildman–Crippen MR) is 118 cm³/mol. The molecule has 0 heterocycles. The van der Waals surface area contributed by atoms with Crippen molar-refractivity contribution in [3.63, 3.8) is 0 Å². The van der Waals surface area contributed by atoms with E-state index in [9.17, 15) is 4.79 Å². The number of carbonyl (C=O) groups excluding carboxylic acids is 1. The second kappa shape index (κ2) is 10.8. The van der Waals surface area contributed by atoms with Crippen LogP contribution in [0.25, 0.3) is 0 Å². The lowest BCUT2D eigenvalue weighted by Crippen LogP contribution is -2.20. The van der Waals surface area contributed by atoms with Crippen LogP contribution in [0.2, 0.25) is 0 Å². The predicted octanol–water partition coefficient (Wildman–Crippen LogP) is 4.89. The van der Waals surface area contributed by atoms with E-state index in [1.165, 1.54) is 0 Å². The fraction of sp³-hybridized carbons (Fsp3) is 0.0870. The smallest absolute Gasteiger partial charge is 0.262 e. The van der Waals surface area contributed by atoms with Gasteiger partial charge >= 0.3 is 0 Å². The highest BCUT2D eigenvalue weighted by atomic mass is 79.9. The summed E-state index contributed by atoms with van der Waals surface area (Å²) >= 11 is 3.43. The van der Waals surface area contributed by atoms with Crippen molar-refractivity contribution in [2.45, 2.75) is 6.61 Å². The number of para-hydroxylation sites is 1. The number of anilines is 1. The van der Waals surface area contributed by atoms with E-state index in [2.05, 4.69) is 32.5 Å². The molecule has 7 heteroatoms. The molecule has 0 radical (unpaired) electrons. The molecule has 30 heavy (non-hydrogen) atoms. The zero-order valence-corrected chi connectivity index (χ0v) is 17.5.